The summed E-state index contributed by atoms with van der Waals surface area (Å²) in [5.74, 6) is 1.48. The zero-order valence-electron chi connectivity index (χ0n) is 17.3. The van der Waals surface area contributed by atoms with Gasteiger partial charge in [0.25, 0.3) is 5.91 Å². The molecular formula is C25H27N2O3+. The number of rotatable bonds is 6. The Morgan fingerprint density at radius 3 is 2.67 bits per heavy atom. The second-order valence-corrected chi connectivity index (χ2v) is 7.56. The summed E-state index contributed by atoms with van der Waals surface area (Å²) in [4.78, 5) is 13.4. The van der Waals surface area contributed by atoms with E-state index in [0.29, 0.717) is 18.0 Å². The van der Waals surface area contributed by atoms with E-state index in [9.17, 15) is 4.79 Å². The number of para-hydroxylation sites is 1. The Bertz CT molecular complexity index is 1020. The molecule has 5 nitrogen and oxygen atoms in total. The van der Waals surface area contributed by atoms with Crippen molar-refractivity contribution in [3.8, 4) is 11.5 Å². The quantitative estimate of drug-likeness (QED) is 0.659. The first-order valence-electron chi connectivity index (χ1n) is 10.2. The standard InChI is InChI=1S/C25H26N2O3/c1-17-12-13-23(29-2)21(16-17)27-25(28)24(18-8-4-3-5-9-18)26-20-14-15-30-22-11-7-6-10-19(20)22/h3-13,16,20,24,26H,14-15H2,1-2H3,(H,27,28)/p+1/t20-,24-/m1/s1. The fourth-order valence-corrected chi connectivity index (χ4v) is 3.94. The lowest BCUT2D eigenvalue weighted by molar-refractivity contribution is -0.723. The molecular weight excluding hydrogens is 376 g/mol. The third kappa shape index (κ3) is 4.31. The van der Waals surface area contributed by atoms with Crippen LogP contribution in [0.15, 0.2) is 72.8 Å². The Morgan fingerprint density at radius 1 is 1.10 bits per heavy atom. The highest BCUT2D eigenvalue weighted by Crippen LogP contribution is 2.30. The molecule has 3 aromatic carbocycles. The molecule has 5 heteroatoms. The Morgan fingerprint density at radius 2 is 1.87 bits per heavy atom. The summed E-state index contributed by atoms with van der Waals surface area (Å²) in [5, 5.41) is 5.24. The van der Waals surface area contributed by atoms with Gasteiger partial charge in [-0.25, -0.2) is 0 Å². The molecule has 0 unspecified atom stereocenters. The molecule has 154 valence electrons. The minimum atomic E-state index is -0.396. The molecule has 0 aliphatic carbocycles. The molecule has 0 fully saturated rings. The number of amides is 1. The number of nitrogens with two attached hydrogens (primary N) is 1. The highest BCUT2D eigenvalue weighted by molar-refractivity contribution is 5.95. The van der Waals surface area contributed by atoms with Crippen LogP contribution in [0, 0.1) is 6.92 Å². The predicted molar refractivity (Wildman–Crippen MR) is 117 cm³/mol. The van der Waals surface area contributed by atoms with Gasteiger partial charge >= 0.3 is 0 Å². The molecule has 0 radical (unpaired) electrons. The van der Waals surface area contributed by atoms with Crippen LogP contribution in [0.25, 0.3) is 0 Å². The normalized spacial score (nSPS) is 16.1. The molecule has 1 heterocycles. The third-order valence-electron chi connectivity index (χ3n) is 5.48. The molecule has 30 heavy (non-hydrogen) atoms. The summed E-state index contributed by atoms with van der Waals surface area (Å²) in [6.45, 7) is 2.64. The number of fused-ring (bicyclic) bond motifs is 1. The summed E-state index contributed by atoms with van der Waals surface area (Å²) in [7, 11) is 1.61. The minimum Gasteiger partial charge on any atom is -0.495 e. The number of benzene rings is 3. The van der Waals surface area contributed by atoms with Crippen molar-refractivity contribution in [1.82, 2.24) is 0 Å². The second kappa shape index (κ2) is 9.01. The van der Waals surface area contributed by atoms with Crippen LogP contribution in [0.3, 0.4) is 0 Å². The number of carbonyl (C=O) groups is 1. The molecule has 0 saturated heterocycles. The molecule has 0 spiro atoms. The van der Waals surface area contributed by atoms with Crippen LogP contribution in [0.2, 0.25) is 0 Å². The summed E-state index contributed by atoms with van der Waals surface area (Å²) in [6.07, 6.45) is 0.849. The fourth-order valence-electron chi connectivity index (χ4n) is 3.94. The zero-order chi connectivity index (χ0) is 20.9. The Labute approximate surface area is 177 Å². The first-order chi connectivity index (χ1) is 14.7. The summed E-state index contributed by atoms with van der Waals surface area (Å²) < 4.78 is 11.2. The Balaban J connectivity index is 1.63. The molecule has 1 aliphatic rings. The van der Waals surface area contributed by atoms with Crippen molar-refractivity contribution >= 4 is 11.6 Å². The van der Waals surface area contributed by atoms with Crippen molar-refractivity contribution < 1.29 is 19.6 Å². The van der Waals surface area contributed by atoms with Gasteiger partial charge in [-0.15, -0.1) is 0 Å². The average molecular weight is 404 g/mol. The van der Waals surface area contributed by atoms with E-state index in [1.165, 1.54) is 0 Å². The van der Waals surface area contributed by atoms with Gasteiger partial charge in [-0.2, -0.15) is 0 Å². The average Bonchev–Trinajstić information content (AvgIpc) is 2.78. The summed E-state index contributed by atoms with van der Waals surface area (Å²) in [5.41, 5.74) is 3.84. The van der Waals surface area contributed by atoms with E-state index in [1.54, 1.807) is 7.11 Å². The van der Waals surface area contributed by atoms with Gasteiger partial charge in [0.2, 0.25) is 0 Å². The lowest BCUT2D eigenvalue weighted by atomic mass is 9.97. The van der Waals surface area contributed by atoms with Crippen LogP contribution in [0.5, 0.6) is 11.5 Å². The van der Waals surface area contributed by atoms with Crippen molar-refractivity contribution in [2.24, 2.45) is 0 Å². The van der Waals surface area contributed by atoms with Gasteiger partial charge < -0.3 is 20.1 Å². The number of methoxy groups -OCH3 is 1. The van der Waals surface area contributed by atoms with E-state index in [-0.39, 0.29) is 11.9 Å². The Hall–Kier alpha value is -3.31. The van der Waals surface area contributed by atoms with Gasteiger partial charge in [0, 0.05) is 12.0 Å². The number of nitrogens with one attached hydrogen (secondary N) is 1. The predicted octanol–water partition coefficient (Wildman–Crippen LogP) is 3.77. The molecule has 4 rings (SSSR count). The van der Waals surface area contributed by atoms with Crippen LogP contribution in [0.4, 0.5) is 5.69 Å². The van der Waals surface area contributed by atoms with Crippen LogP contribution in [-0.4, -0.2) is 19.6 Å². The Kier molecular flexibility index (Phi) is 6.00. The monoisotopic (exact) mass is 403 g/mol. The molecule has 0 aromatic heterocycles. The van der Waals surface area contributed by atoms with Crippen molar-refractivity contribution in [3.05, 3.63) is 89.5 Å². The van der Waals surface area contributed by atoms with E-state index in [1.807, 2.05) is 73.7 Å². The fraction of sp³-hybridized carbons (Fsp3) is 0.240. The second-order valence-electron chi connectivity index (χ2n) is 7.56. The van der Waals surface area contributed by atoms with E-state index >= 15 is 0 Å². The molecule has 0 bridgehead atoms. The van der Waals surface area contributed by atoms with Gasteiger partial charge in [-0.3, -0.25) is 4.79 Å². The smallest absolute Gasteiger partial charge is 0.287 e. The third-order valence-corrected chi connectivity index (χ3v) is 5.48. The lowest BCUT2D eigenvalue weighted by Crippen LogP contribution is -2.88. The molecule has 1 amide bonds. The first kappa shape index (κ1) is 20.0. The van der Waals surface area contributed by atoms with E-state index in [2.05, 4.69) is 16.7 Å². The number of carbonyl (C=O) groups excluding carboxylic acids is 1. The minimum absolute atomic E-state index is 0.0749. The number of ether oxygens (including phenoxy) is 2. The van der Waals surface area contributed by atoms with Gasteiger partial charge in [-0.1, -0.05) is 48.5 Å². The van der Waals surface area contributed by atoms with Gasteiger partial charge in [0.05, 0.1) is 25.0 Å². The maximum atomic E-state index is 13.4. The number of hydrogen-bond acceptors (Lipinski definition) is 3. The van der Waals surface area contributed by atoms with Crippen molar-refractivity contribution in [3.63, 3.8) is 0 Å². The SMILES string of the molecule is COc1ccc(C)cc1NC(=O)[C@H]([NH2+][C@@H]1CCOc2ccccc21)c1ccccc1. The van der Waals surface area contributed by atoms with E-state index in [0.717, 1.165) is 28.9 Å². The van der Waals surface area contributed by atoms with Crippen LogP contribution in [-0.2, 0) is 4.79 Å². The molecule has 3 aromatic rings. The zero-order valence-corrected chi connectivity index (χ0v) is 17.3. The highest BCUT2D eigenvalue weighted by atomic mass is 16.5. The number of aryl methyl sites for hydroxylation is 1. The topological polar surface area (TPSA) is 64.2 Å². The van der Waals surface area contributed by atoms with Gasteiger partial charge in [0.1, 0.15) is 17.5 Å². The maximum Gasteiger partial charge on any atom is 0.287 e. The van der Waals surface area contributed by atoms with Crippen LogP contribution >= 0.6 is 0 Å². The van der Waals surface area contributed by atoms with Crippen molar-refractivity contribution in [1.29, 1.82) is 0 Å². The number of anilines is 1. The summed E-state index contributed by atoms with van der Waals surface area (Å²) in [6, 6.07) is 23.5. The van der Waals surface area contributed by atoms with E-state index in [4.69, 9.17) is 9.47 Å². The van der Waals surface area contributed by atoms with Crippen molar-refractivity contribution in [2.75, 3.05) is 19.0 Å². The number of hydrogen-bond donors (Lipinski definition) is 2. The largest absolute Gasteiger partial charge is 0.495 e. The molecule has 3 N–H and O–H groups in total. The lowest BCUT2D eigenvalue weighted by Gasteiger charge is -2.27. The van der Waals surface area contributed by atoms with Crippen molar-refractivity contribution in [2.45, 2.75) is 25.4 Å². The molecule has 2 atom stereocenters. The van der Waals surface area contributed by atoms with Crippen LogP contribution < -0.4 is 20.1 Å². The highest BCUT2D eigenvalue weighted by Gasteiger charge is 2.32. The van der Waals surface area contributed by atoms with E-state index < -0.39 is 6.04 Å². The van der Waals surface area contributed by atoms with Crippen LogP contribution in [0.1, 0.15) is 35.2 Å². The number of quaternary nitrogens is 1. The van der Waals surface area contributed by atoms with Gasteiger partial charge in [0.15, 0.2) is 6.04 Å². The molecule has 0 saturated carbocycles. The first-order valence-corrected chi connectivity index (χ1v) is 10.2. The maximum absolute atomic E-state index is 13.4. The molecule has 1 aliphatic heterocycles. The summed E-state index contributed by atoms with van der Waals surface area (Å²) >= 11 is 0. The van der Waals surface area contributed by atoms with Gasteiger partial charge in [-0.05, 0) is 36.8 Å².